The Morgan fingerprint density at radius 2 is 2.07 bits per heavy atom. The SMILES string of the molecule is CC(C)C(C(=O)[O-])c1nnn(C)n1.[K+]. The number of aryl methyl sites for hydroxylation is 1. The van der Waals surface area contributed by atoms with Crippen LogP contribution in [0.25, 0.3) is 0 Å². The first-order valence-corrected chi connectivity index (χ1v) is 3.97. The van der Waals surface area contributed by atoms with Crippen molar-refractivity contribution < 1.29 is 61.3 Å². The largest absolute Gasteiger partial charge is 1.00 e. The third kappa shape index (κ3) is 3.39. The van der Waals surface area contributed by atoms with E-state index >= 15 is 0 Å². The van der Waals surface area contributed by atoms with Gasteiger partial charge in [-0.2, -0.15) is 4.80 Å². The summed E-state index contributed by atoms with van der Waals surface area (Å²) in [5, 5.41) is 21.8. The number of carboxylic acid groups (broad SMARTS) is 1. The third-order valence-corrected chi connectivity index (χ3v) is 1.72. The Morgan fingerprint density at radius 1 is 1.50 bits per heavy atom. The maximum atomic E-state index is 10.7. The van der Waals surface area contributed by atoms with Crippen LogP contribution in [0.1, 0.15) is 25.6 Å². The number of hydrogen-bond acceptors (Lipinski definition) is 5. The van der Waals surface area contributed by atoms with Gasteiger partial charge in [0.1, 0.15) is 0 Å². The van der Waals surface area contributed by atoms with Gasteiger partial charge in [-0.15, -0.1) is 10.2 Å². The Morgan fingerprint density at radius 3 is 2.36 bits per heavy atom. The summed E-state index contributed by atoms with van der Waals surface area (Å²) in [5.41, 5.74) is 0. The number of tetrazole rings is 1. The molecule has 14 heavy (non-hydrogen) atoms. The first-order chi connectivity index (χ1) is 6.02. The summed E-state index contributed by atoms with van der Waals surface area (Å²) in [4.78, 5) is 12.0. The summed E-state index contributed by atoms with van der Waals surface area (Å²) < 4.78 is 0. The maximum Gasteiger partial charge on any atom is 1.00 e. The van der Waals surface area contributed by atoms with Gasteiger partial charge in [0.25, 0.3) is 0 Å². The summed E-state index contributed by atoms with van der Waals surface area (Å²) in [5.74, 6) is -1.84. The normalized spacial score (nSPS) is 12.3. The molecule has 0 fully saturated rings. The van der Waals surface area contributed by atoms with Crippen molar-refractivity contribution in [2.75, 3.05) is 0 Å². The number of rotatable bonds is 3. The van der Waals surface area contributed by atoms with Crippen LogP contribution in [-0.2, 0) is 11.8 Å². The minimum Gasteiger partial charge on any atom is -0.549 e. The smallest absolute Gasteiger partial charge is 0.549 e. The van der Waals surface area contributed by atoms with E-state index in [-0.39, 0.29) is 63.1 Å². The molecule has 0 aliphatic carbocycles. The van der Waals surface area contributed by atoms with Gasteiger partial charge in [0, 0.05) is 0 Å². The molecule has 72 valence electrons. The van der Waals surface area contributed by atoms with E-state index in [9.17, 15) is 9.90 Å². The fraction of sp³-hybridized carbons (Fsp3) is 0.714. The van der Waals surface area contributed by atoms with Crippen molar-refractivity contribution in [1.29, 1.82) is 0 Å². The fourth-order valence-corrected chi connectivity index (χ4v) is 1.10. The number of carboxylic acids is 1. The van der Waals surface area contributed by atoms with Gasteiger partial charge in [-0.25, -0.2) is 0 Å². The molecule has 0 radical (unpaired) electrons. The summed E-state index contributed by atoms with van der Waals surface area (Å²) >= 11 is 0. The molecular formula is C7H11KN4O2. The molecule has 1 unspecified atom stereocenters. The molecule has 0 saturated carbocycles. The van der Waals surface area contributed by atoms with Gasteiger partial charge in [-0.05, 0) is 11.1 Å². The van der Waals surface area contributed by atoms with Crippen LogP contribution in [0.2, 0.25) is 0 Å². The predicted octanol–water partition coefficient (Wildman–Crippen LogP) is -4.30. The zero-order valence-electron chi connectivity index (χ0n) is 8.76. The summed E-state index contributed by atoms with van der Waals surface area (Å²) in [6.45, 7) is 3.55. The molecule has 1 heterocycles. The molecule has 6 nitrogen and oxygen atoms in total. The van der Waals surface area contributed by atoms with Crippen LogP contribution in [0, 0.1) is 5.92 Å². The van der Waals surface area contributed by atoms with Gasteiger partial charge in [0.2, 0.25) is 0 Å². The van der Waals surface area contributed by atoms with E-state index in [1.54, 1.807) is 20.9 Å². The minimum atomic E-state index is -1.16. The van der Waals surface area contributed by atoms with Crippen molar-refractivity contribution in [3.63, 3.8) is 0 Å². The van der Waals surface area contributed by atoms with Crippen LogP contribution in [0.5, 0.6) is 0 Å². The zero-order valence-corrected chi connectivity index (χ0v) is 11.9. The monoisotopic (exact) mass is 222 g/mol. The molecule has 0 saturated heterocycles. The topological polar surface area (TPSA) is 83.7 Å². The molecule has 0 aliphatic rings. The summed E-state index contributed by atoms with van der Waals surface area (Å²) in [6.07, 6.45) is 0. The van der Waals surface area contributed by atoms with Crippen LogP contribution in [0.4, 0.5) is 0 Å². The van der Waals surface area contributed by atoms with Gasteiger partial charge < -0.3 is 9.90 Å². The quantitative estimate of drug-likeness (QED) is 0.483. The molecule has 0 aromatic carbocycles. The maximum absolute atomic E-state index is 10.7. The molecule has 0 aliphatic heterocycles. The first kappa shape index (κ1) is 14.2. The second-order valence-electron chi connectivity index (χ2n) is 3.18. The Kier molecular flexibility index (Phi) is 5.99. The van der Waals surface area contributed by atoms with E-state index in [1.807, 2.05) is 0 Å². The van der Waals surface area contributed by atoms with E-state index < -0.39 is 11.9 Å². The Labute approximate surface area is 124 Å². The van der Waals surface area contributed by atoms with E-state index in [0.717, 1.165) is 0 Å². The fourth-order valence-electron chi connectivity index (χ4n) is 1.10. The molecule has 0 spiro atoms. The van der Waals surface area contributed by atoms with Crippen molar-refractivity contribution in [1.82, 2.24) is 20.2 Å². The number of aliphatic carboxylic acids is 1. The van der Waals surface area contributed by atoms with Gasteiger partial charge in [-0.3, -0.25) is 0 Å². The first-order valence-electron chi connectivity index (χ1n) is 3.97. The minimum absolute atomic E-state index is 0. The average molecular weight is 222 g/mol. The van der Waals surface area contributed by atoms with Crippen LogP contribution in [0.15, 0.2) is 0 Å². The Hall–Kier alpha value is 0.176. The van der Waals surface area contributed by atoms with Crippen molar-refractivity contribution in [2.24, 2.45) is 13.0 Å². The van der Waals surface area contributed by atoms with Gasteiger partial charge in [0.05, 0.1) is 18.9 Å². The van der Waals surface area contributed by atoms with E-state index in [0.29, 0.717) is 0 Å². The van der Waals surface area contributed by atoms with E-state index in [2.05, 4.69) is 15.4 Å². The molecule has 0 bridgehead atoms. The van der Waals surface area contributed by atoms with Crippen LogP contribution < -0.4 is 56.5 Å². The molecule has 1 aromatic rings. The van der Waals surface area contributed by atoms with Gasteiger partial charge in [-0.1, -0.05) is 13.8 Å². The molecular weight excluding hydrogens is 211 g/mol. The molecule has 7 heteroatoms. The molecule has 1 atom stereocenters. The molecule has 0 N–H and O–H groups in total. The summed E-state index contributed by atoms with van der Waals surface area (Å²) in [6, 6.07) is 0. The van der Waals surface area contributed by atoms with E-state index in [1.165, 1.54) is 4.80 Å². The number of carbonyl (C=O) groups excluding carboxylic acids is 1. The summed E-state index contributed by atoms with van der Waals surface area (Å²) in [7, 11) is 1.59. The zero-order chi connectivity index (χ0) is 10.0. The van der Waals surface area contributed by atoms with Crippen LogP contribution >= 0.6 is 0 Å². The van der Waals surface area contributed by atoms with Crippen LogP contribution in [0.3, 0.4) is 0 Å². The predicted molar refractivity (Wildman–Crippen MR) is 41.4 cm³/mol. The molecule has 0 amide bonds. The third-order valence-electron chi connectivity index (χ3n) is 1.72. The van der Waals surface area contributed by atoms with Crippen LogP contribution in [-0.4, -0.2) is 26.2 Å². The number of nitrogens with zero attached hydrogens (tertiary/aromatic N) is 4. The molecule has 1 rings (SSSR count). The van der Waals surface area contributed by atoms with Crippen molar-refractivity contribution in [3.05, 3.63) is 5.82 Å². The second kappa shape index (κ2) is 5.91. The Bertz CT molecular complexity index is 312. The second-order valence-corrected chi connectivity index (χ2v) is 3.18. The molecule has 1 aromatic heterocycles. The van der Waals surface area contributed by atoms with Crippen molar-refractivity contribution in [2.45, 2.75) is 19.8 Å². The number of hydrogen-bond donors (Lipinski definition) is 0. The number of carbonyl (C=O) groups is 1. The van der Waals surface area contributed by atoms with Gasteiger partial charge >= 0.3 is 51.4 Å². The van der Waals surface area contributed by atoms with Crippen molar-refractivity contribution in [3.8, 4) is 0 Å². The average Bonchev–Trinajstić information content (AvgIpc) is 2.34. The Balaban J connectivity index is 0.00000169. The number of aromatic nitrogens is 4. The van der Waals surface area contributed by atoms with Crippen molar-refractivity contribution >= 4 is 5.97 Å². The van der Waals surface area contributed by atoms with Gasteiger partial charge in [0.15, 0.2) is 5.82 Å². The standard InChI is InChI=1S/C7H12N4O2.K/c1-4(2)5(7(12)13)6-8-10-11(3)9-6;/h4-5H,1-3H3,(H,12,13);/q;+1/p-1. The van der Waals surface area contributed by atoms with E-state index in [4.69, 9.17) is 0 Å².